The van der Waals surface area contributed by atoms with Crippen molar-refractivity contribution in [1.82, 2.24) is 0 Å². The van der Waals surface area contributed by atoms with E-state index in [2.05, 4.69) is 11.8 Å². The number of ether oxygens (including phenoxy) is 2. The van der Waals surface area contributed by atoms with Crippen LogP contribution in [-0.4, -0.2) is 25.2 Å². The quantitative estimate of drug-likeness (QED) is 0.398. The van der Waals surface area contributed by atoms with Crippen LogP contribution in [-0.2, 0) is 19.1 Å². The Bertz CT molecular complexity index is 277. The van der Waals surface area contributed by atoms with Crippen LogP contribution in [0.1, 0.15) is 27.7 Å². The molecule has 0 aliphatic carbocycles. The standard InChI is InChI=1S/C11H16O4/c1-5-8-11(4,9(12)14-6-2)10(13)15-7-3/h6-7H2,1-4H3. The molecule has 0 aromatic rings. The van der Waals surface area contributed by atoms with Crippen LogP contribution in [0.3, 0.4) is 0 Å². The smallest absolute Gasteiger partial charge is 0.335 e. The van der Waals surface area contributed by atoms with E-state index in [1.54, 1.807) is 20.8 Å². The zero-order valence-electron chi connectivity index (χ0n) is 9.55. The van der Waals surface area contributed by atoms with E-state index < -0.39 is 17.4 Å². The first-order valence-electron chi connectivity index (χ1n) is 4.81. The van der Waals surface area contributed by atoms with Crippen LogP contribution in [0.15, 0.2) is 0 Å². The van der Waals surface area contributed by atoms with E-state index in [-0.39, 0.29) is 13.2 Å². The van der Waals surface area contributed by atoms with Crippen molar-refractivity contribution in [1.29, 1.82) is 0 Å². The fraction of sp³-hybridized carbons (Fsp3) is 0.636. The lowest BCUT2D eigenvalue weighted by atomic mass is 9.92. The third-order valence-corrected chi connectivity index (χ3v) is 1.74. The third kappa shape index (κ3) is 3.28. The molecule has 0 fully saturated rings. The van der Waals surface area contributed by atoms with E-state index in [1.165, 1.54) is 6.92 Å². The molecule has 0 rings (SSSR count). The lowest BCUT2D eigenvalue weighted by Gasteiger charge is -2.18. The van der Waals surface area contributed by atoms with Crippen molar-refractivity contribution in [3.05, 3.63) is 0 Å². The maximum atomic E-state index is 11.5. The molecule has 4 nitrogen and oxygen atoms in total. The van der Waals surface area contributed by atoms with Crippen LogP contribution in [0.4, 0.5) is 0 Å². The Morgan fingerprint density at radius 2 is 1.53 bits per heavy atom. The molecule has 0 saturated carbocycles. The van der Waals surface area contributed by atoms with Gasteiger partial charge in [0, 0.05) is 0 Å². The van der Waals surface area contributed by atoms with Crippen LogP contribution in [0.5, 0.6) is 0 Å². The molecule has 84 valence electrons. The summed E-state index contributed by atoms with van der Waals surface area (Å²) < 4.78 is 9.57. The molecule has 15 heavy (non-hydrogen) atoms. The molecule has 0 spiro atoms. The van der Waals surface area contributed by atoms with Gasteiger partial charge in [0.2, 0.25) is 5.41 Å². The van der Waals surface area contributed by atoms with Gasteiger partial charge in [0.1, 0.15) is 0 Å². The highest BCUT2D eigenvalue weighted by Crippen LogP contribution is 2.19. The van der Waals surface area contributed by atoms with E-state index in [0.29, 0.717) is 0 Å². The van der Waals surface area contributed by atoms with Crippen molar-refractivity contribution in [2.45, 2.75) is 27.7 Å². The van der Waals surface area contributed by atoms with Crippen LogP contribution in [0, 0.1) is 17.3 Å². The highest BCUT2D eigenvalue weighted by atomic mass is 16.6. The lowest BCUT2D eigenvalue weighted by Crippen LogP contribution is -2.38. The van der Waals surface area contributed by atoms with Gasteiger partial charge in [0.05, 0.1) is 13.2 Å². The van der Waals surface area contributed by atoms with E-state index >= 15 is 0 Å². The van der Waals surface area contributed by atoms with Crippen LogP contribution < -0.4 is 0 Å². The summed E-state index contributed by atoms with van der Waals surface area (Å²) in [6.45, 7) is 6.71. The minimum atomic E-state index is -1.51. The summed E-state index contributed by atoms with van der Waals surface area (Å²) in [6.07, 6.45) is 0. The highest BCUT2D eigenvalue weighted by molar-refractivity contribution is 6.03. The van der Waals surface area contributed by atoms with E-state index in [4.69, 9.17) is 9.47 Å². The molecule has 0 aliphatic heterocycles. The lowest BCUT2D eigenvalue weighted by molar-refractivity contribution is -0.165. The number of rotatable bonds is 4. The Labute approximate surface area is 89.9 Å². The second kappa shape index (κ2) is 6.07. The van der Waals surface area contributed by atoms with Gasteiger partial charge in [0.15, 0.2) is 0 Å². The van der Waals surface area contributed by atoms with Crippen molar-refractivity contribution < 1.29 is 19.1 Å². The first-order valence-corrected chi connectivity index (χ1v) is 4.81. The summed E-state index contributed by atoms with van der Waals surface area (Å²) in [6, 6.07) is 0. The Morgan fingerprint density at radius 3 is 1.80 bits per heavy atom. The first-order chi connectivity index (χ1) is 7.02. The minimum absolute atomic E-state index is 0.208. The van der Waals surface area contributed by atoms with Crippen molar-refractivity contribution in [3.8, 4) is 11.8 Å². The molecule has 0 aliphatic rings. The zero-order chi connectivity index (χ0) is 11.9. The van der Waals surface area contributed by atoms with Crippen LogP contribution in [0.25, 0.3) is 0 Å². The van der Waals surface area contributed by atoms with Crippen molar-refractivity contribution >= 4 is 11.9 Å². The first kappa shape index (κ1) is 13.5. The fourth-order valence-electron chi connectivity index (χ4n) is 0.986. The maximum absolute atomic E-state index is 11.5. The summed E-state index contributed by atoms with van der Waals surface area (Å²) in [4.78, 5) is 23.1. The third-order valence-electron chi connectivity index (χ3n) is 1.74. The average molecular weight is 212 g/mol. The summed E-state index contributed by atoms with van der Waals surface area (Å²) >= 11 is 0. The predicted molar refractivity (Wildman–Crippen MR) is 54.8 cm³/mol. The average Bonchev–Trinajstić information content (AvgIpc) is 2.18. The Hall–Kier alpha value is -1.50. The van der Waals surface area contributed by atoms with Crippen LogP contribution >= 0.6 is 0 Å². The molecule has 0 N–H and O–H groups in total. The number of hydrogen-bond donors (Lipinski definition) is 0. The second-order valence-electron chi connectivity index (χ2n) is 2.94. The summed E-state index contributed by atoms with van der Waals surface area (Å²) in [5.74, 6) is 3.73. The van der Waals surface area contributed by atoms with Gasteiger partial charge in [-0.3, -0.25) is 0 Å². The van der Waals surface area contributed by atoms with Gasteiger partial charge in [-0.15, -0.1) is 5.92 Å². The Morgan fingerprint density at radius 1 is 1.13 bits per heavy atom. The summed E-state index contributed by atoms with van der Waals surface area (Å²) in [7, 11) is 0. The highest BCUT2D eigenvalue weighted by Gasteiger charge is 2.42. The molecule has 0 amide bonds. The van der Waals surface area contributed by atoms with Gasteiger partial charge in [-0.05, 0) is 27.7 Å². The van der Waals surface area contributed by atoms with Gasteiger partial charge in [-0.2, -0.15) is 0 Å². The molecule has 0 radical (unpaired) electrons. The number of carbonyl (C=O) groups is 2. The van der Waals surface area contributed by atoms with Crippen molar-refractivity contribution in [3.63, 3.8) is 0 Å². The van der Waals surface area contributed by atoms with Crippen molar-refractivity contribution in [2.24, 2.45) is 5.41 Å². The molecule has 0 unspecified atom stereocenters. The molecule has 0 aromatic heterocycles. The predicted octanol–water partition coefficient (Wildman–Crippen LogP) is 1.14. The second-order valence-corrected chi connectivity index (χ2v) is 2.94. The van der Waals surface area contributed by atoms with Crippen LogP contribution in [0.2, 0.25) is 0 Å². The van der Waals surface area contributed by atoms with Gasteiger partial charge >= 0.3 is 11.9 Å². The Kier molecular flexibility index (Phi) is 5.46. The maximum Gasteiger partial charge on any atom is 0.335 e. The molecule has 0 saturated heterocycles. The number of esters is 2. The van der Waals surface area contributed by atoms with Gasteiger partial charge in [0.25, 0.3) is 0 Å². The molecule has 4 heteroatoms. The molecule has 0 bridgehead atoms. The fourth-order valence-corrected chi connectivity index (χ4v) is 0.986. The normalized spacial score (nSPS) is 9.87. The molecule has 0 aromatic carbocycles. The monoisotopic (exact) mass is 212 g/mol. The van der Waals surface area contributed by atoms with E-state index in [1.807, 2.05) is 0 Å². The number of hydrogen-bond acceptors (Lipinski definition) is 4. The zero-order valence-corrected chi connectivity index (χ0v) is 9.55. The Balaban J connectivity index is 4.94. The van der Waals surface area contributed by atoms with E-state index in [9.17, 15) is 9.59 Å². The van der Waals surface area contributed by atoms with Crippen molar-refractivity contribution in [2.75, 3.05) is 13.2 Å². The van der Waals surface area contributed by atoms with Gasteiger partial charge < -0.3 is 9.47 Å². The summed E-state index contributed by atoms with van der Waals surface area (Å²) in [5, 5.41) is 0. The molecule has 0 heterocycles. The molecule has 0 atom stereocenters. The number of carbonyl (C=O) groups excluding carboxylic acids is 2. The van der Waals surface area contributed by atoms with Gasteiger partial charge in [-0.25, -0.2) is 9.59 Å². The molecular weight excluding hydrogens is 196 g/mol. The SMILES string of the molecule is CC#CC(C)(C(=O)OCC)C(=O)OCC. The summed E-state index contributed by atoms with van der Waals surface area (Å²) in [5.41, 5.74) is -1.51. The minimum Gasteiger partial charge on any atom is -0.464 e. The topological polar surface area (TPSA) is 52.6 Å². The van der Waals surface area contributed by atoms with Gasteiger partial charge in [-0.1, -0.05) is 5.92 Å². The largest absolute Gasteiger partial charge is 0.464 e. The molecular formula is C11H16O4. The van der Waals surface area contributed by atoms with E-state index in [0.717, 1.165) is 0 Å².